The highest BCUT2D eigenvalue weighted by Gasteiger charge is 2.30. The summed E-state index contributed by atoms with van der Waals surface area (Å²) < 4.78 is 1.85. The first-order valence-corrected chi connectivity index (χ1v) is 8.63. The molecule has 4 heterocycles. The van der Waals surface area contributed by atoms with Gasteiger partial charge in [0.05, 0.1) is 30.7 Å². The van der Waals surface area contributed by atoms with Crippen LogP contribution in [0.25, 0.3) is 5.82 Å². The molecule has 2 aliphatic rings. The second-order valence-corrected chi connectivity index (χ2v) is 6.49. The van der Waals surface area contributed by atoms with Gasteiger partial charge in [0.2, 0.25) is 5.91 Å². The fourth-order valence-corrected chi connectivity index (χ4v) is 3.64. The Labute approximate surface area is 141 Å². The van der Waals surface area contributed by atoms with Crippen molar-refractivity contribution < 1.29 is 4.79 Å². The lowest BCUT2D eigenvalue weighted by molar-refractivity contribution is -0.131. The van der Waals surface area contributed by atoms with Crippen LogP contribution in [0.4, 0.5) is 0 Å². The van der Waals surface area contributed by atoms with E-state index in [2.05, 4.69) is 14.9 Å². The molecule has 0 radical (unpaired) electrons. The summed E-state index contributed by atoms with van der Waals surface area (Å²) >= 11 is 0. The third kappa shape index (κ3) is 3.03. The van der Waals surface area contributed by atoms with Gasteiger partial charge in [0.1, 0.15) is 6.33 Å². The van der Waals surface area contributed by atoms with Crippen molar-refractivity contribution in [2.75, 3.05) is 26.2 Å². The number of carbonyl (C=O) groups is 1. The average molecular weight is 326 g/mol. The summed E-state index contributed by atoms with van der Waals surface area (Å²) in [4.78, 5) is 29.9. The first-order valence-electron chi connectivity index (χ1n) is 8.63. The summed E-state index contributed by atoms with van der Waals surface area (Å²) in [6.07, 6.45) is 13.2. The molecule has 24 heavy (non-hydrogen) atoms. The summed E-state index contributed by atoms with van der Waals surface area (Å²) in [5.74, 6) is 1.01. The Bertz CT molecular complexity index is 695. The van der Waals surface area contributed by atoms with Gasteiger partial charge in [0, 0.05) is 25.5 Å². The minimum atomic E-state index is 0.174. The van der Waals surface area contributed by atoms with E-state index in [0.717, 1.165) is 56.8 Å². The van der Waals surface area contributed by atoms with E-state index in [1.165, 1.54) is 0 Å². The highest BCUT2D eigenvalue weighted by Crippen LogP contribution is 2.30. The van der Waals surface area contributed by atoms with E-state index in [1.54, 1.807) is 18.7 Å². The van der Waals surface area contributed by atoms with Gasteiger partial charge in [-0.25, -0.2) is 9.97 Å². The zero-order valence-electron chi connectivity index (χ0n) is 13.7. The molecular formula is C17H22N6O. The molecule has 0 N–H and O–H groups in total. The number of carbonyl (C=O) groups excluding carboxylic acids is 1. The fourth-order valence-electron chi connectivity index (χ4n) is 3.64. The van der Waals surface area contributed by atoms with E-state index in [0.29, 0.717) is 6.54 Å². The maximum Gasteiger partial charge on any atom is 0.236 e. The van der Waals surface area contributed by atoms with Crippen molar-refractivity contribution in [2.24, 2.45) is 0 Å². The zero-order valence-corrected chi connectivity index (χ0v) is 13.7. The highest BCUT2D eigenvalue weighted by molar-refractivity contribution is 5.78. The number of likely N-dealkylation sites (tertiary alicyclic amines) is 2. The maximum atomic E-state index is 12.5. The molecular weight excluding hydrogens is 304 g/mol. The van der Waals surface area contributed by atoms with Crippen molar-refractivity contribution in [1.82, 2.24) is 29.3 Å². The van der Waals surface area contributed by atoms with Crippen LogP contribution < -0.4 is 0 Å². The van der Waals surface area contributed by atoms with Gasteiger partial charge in [-0.15, -0.1) is 0 Å². The van der Waals surface area contributed by atoms with Crippen LogP contribution in [0.1, 0.15) is 37.4 Å². The van der Waals surface area contributed by atoms with Gasteiger partial charge < -0.3 is 4.90 Å². The molecule has 7 nitrogen and oxygen atoms in total. The Morgan fingerprint density at radius 1 is 1.12 bits per heavy atom. The summed E-state index contributed by atoms with van der Waals surface area (Å²) in [6.45, 7) is 3.25. The fraction of sp³-hybridized carbons (Fsp3) is 0.529. The summed E-state index contributed by atoms with van der Waals surface area (Å²) in [6, 6.07) is 0.174. The lowest BCUT2D eigenvalue weighted by Gasteiger charge is -2.26. The highest BCUT2D eigenvalue weighted by atomic mass is 16.2. The summed E-state index contributed by atoms with van der Waals surface area (Å²) in [5.41, 5.74) is 0.938. The average Bonchev–Trinajstić information content (AvgIpc) is 3.36. The van der Waals surface area contributed by atoms with Crippen LogP contribution in [0.2, 0.25) is 0 Å². The lowest BCUT2D eigenvalue weighted by Crippen LogP contribution is -2.38. The van der Waals surface area contributed by atoms with Crippen molar-refractivity contribution in [3.05, 3.63) is 36.8 Å². The molecule has 0 unspecified atom stereocenters. The van der Waals surface area contributed by atoms with E-state index in [1.807, 2.05) is 21.9 Å². The van der Waals surface area contributed by atoms with Crippen LogP contribution in [0.3, 0.4) is 0 Å². The largest absolute Gasteiger partial charge is 0.342 e. The predicted molar refractivity (Wildman–Crippen MR) is 88.5 cm³/mol. The van der Waals surface area contributed by atoms with E-state index in [-0.39, 0.29) is 11.9 Å². The molecule has 2 fully saturated rings. The number of aromatic nitrogens is 4. The molecule has 2 aliphatic heterocycles. The third-order valence-corrected chi connectivity index (χ3v) is 4.91. The predicted octanol–water partition coefficient (Wildman–Crippen LogP) is 1.42. The Morgan fingerprint density at radius 2 is 2.00 bits per heavy atom. The van der Waals surface area contributed by atoms with E-state index in [9.17, 15) is 4.79 Å². The molecule has 2 saturated heterocycles. The van der Waals surface area contributed by atoms with Gasteiger partial charge in [0.25, 0.3) is 0 Å². The monoisotopic (exact) mass is 326 g/mol. The number of hydrogen-bond acceptors (Lipinski definition) is 5. The second-order valence-electron chi connectivity index (χ2n) is 6.49. The van der Waals surface area contributed by atoms with Gasteiger partial charge in [0.15, 0.2) is 5.82 Å². The van der Waals surface area contributed by atoms with E-state index < -0.39 is 0 Å². The molecule has 0 aliphatic carbocycles. The molecule has 7 heteroatoms. The van der Waals surface area contributed by atoms with Gasteiger partial charge in [-0.2, -0.15) is 0 Å². The van der Waals surface area contributed by atoms with Crippen molar-refractivity contribution in [3.8, 4) is 5.82 Å². The number of imidazole rings is 1. The Hall–Kier alpha value is -2.28. The lowest BCUT2D eigenvalue weighted by atomic mass is 10.1. The van der Waals surface area contributed by atoms with Crippen LogP contribution in [0.5, 0.6) is 0 Å². The van der Waals surface area contributed by atoms with Crippen LogP contribution in [0, 0.1) is 0 Å². The molecule has 1 amide bonds. The van der Waals surface area contributed by atoms with Crippen LogP contribution >= 0.6 is 0 Å². The van der Waals surface area contributed by atoms with Crippen molar-refractivity contribution in [3.63, 3.8) is 0 Å². The topological polar surface area (TPSA) is 67.2 Å². The van der Waals surface area contributed by atoms with Gasteiger partial charge in [-0.3, -0.25) is 19.2 Å². The molecule has 1 atom stereocenters. The smallest absolute Gasteiger partial charge is 0.236 e. The van der Waals surface area contributed by atoms with Crippen LogP contribution in [-0.2, 0) is 4.79 Å². The van der Waals surface area contributed by atoms with Gasteiger partial charge in [-0.1, -0.05) is 0 Å². The second kappa shape index (κ2) is 6.68. The number of hydrogen-bond donors (Lipinski definition) is 0. The summed E-state index contributed by atoms with van der Waals surface area (Å²) in [5, 5.41) is 0. The number of nitrogens with zero attached hydrogens (tertiary/aromatic N) is 6. The summed E-state index contributed by atoms with van der Waals surface area (Å²) in [7, 11) is 0. The Balaban J connectivity index is 1.50. The van der Waals surface area contributed by atoms with E-state index >= 15 is 0 Å². The first-order chi connectivity index (χ1) is 11.8. The SMILES string of the molecule is O=C(CN1CCC[C@@H]1c1cncc(-n2ccnc2)n1)N1CCCC1. The maximum absolute atomic E-state index is 12.5. The standard InChI is InChI=1S/C17H22N6O/c24-17(21-6-1-2-7-21)12-22-8-3-4-15(22)14-10-19-11-16(20-14)23-9-5-18-13-23/h5,9-11,13,15H,1-4,6-8,12H2/t15-/m1/s1. The molecule has 126 valence electrons. The van der Waals surface area contributed by atoms with Gasteiger partial charge in [-0.05, 0) is 32.2 Å². The zero-order chi connectivity index (χ0) is 16.4. The molecule has 0 saturated carbocycles. The Kier molecular flexibility index (Phi) is 4.25. The quantitative estimate of drug-likeness (QED) is 0.850. The van der Waals surface area contributed by atoms with Crippen LogP contribution in [0.15, 0.2) is 31.1 Å². The molecule has 0 aromatic carbocycles. The molecule has 2 aromatic heterocycles. The molecule has 0 spiro atoms. The Morgan fingerprint density at radius 3 is 2.79 bits per heavy atom. The number of rotatable bonds is 4. The van der Waals surface area contributed by atoms with Crippen LogP contribution in [-0.4, -0.2) is 61.4 Å². The van der Waals surface area contributed by atoms with Crippen molar-refractivity contribution in [1.29, 1.82) is 0 Å². The normalized spacial score (nSPS) is 21.5. The minimum Gasteiger partial charge on any atom is -0.342 e. The van der Waals surface area contributed by atoms with Crippen molar-refractivity contribution >= 4 is 5.91 Å². The first kappa shape index (κ1) is 15.3. The number of amides is 1. The van der Waals surface area contributed by atoms with Crippen molar-refractivity contribution in [2.45, 2.75) is 31.7 Å². The molecule has 2 aromatic rings. The molecule has 0 bridgehead atoms. The third-order valence-electron chi connectivity index (χ3n) is 4.91. The van der Waals surface area contributed by atoms with Gasteiger partial charge >= 0.3 is 0 Å². The minimum absolute atomic E-state index is 0.174. The van der Waals surface area contributed by atoms with E-state index in [4.69, 9.17) is 4.98 Å². The molecule has 4 rings (SSSR count).